The molecular formula is C17H27ClN6O. The van der Waals surface area contributed by atoms with Crippen LogP contribution in [0.3, 0.4) is 0 Å². The quantitative estimate of drug-likeness (QED) is 0.602. The number of carbonyl (C=O) groups is 1. The van der Waals surface area contributed by atoms with Crippen LogP contribution in [0.2, 0.25) is 5.02 Å². The van der Waals surface area contributed by atoms with Crippen molar-refractivity contribution in [3.63, 3.8) is 0 Å². The number of hydrazine groups is 2. The van der Waals surface area contributed by atoms with Gasteiger partial charge in [0.1, 0.15) is 12.2 Å². The predicted octanol–water partition coefficient (Wildman–Crippen LogP) is 1.00. The zero-order chi connectivity index (χ0) is 17.6. The Labute approximate surface area is 154 Å². The van der Waals surface area contributed by atoms with Crippen molar-refractivity contribution in [3.8, 4) is 0 Å². The second kappa shape index (κ2) is 8.82. The van der Waals surface area contributed by atoms with Gasteiger partial charge in [0.15, 0.2) is 0 Å². The van der Waals surface area contributed by atoms with Crippen LogP contribution < -0.4 is 21.7 Å². The first-order chi connectivity index (χ1) is 12.2. The molecule has 1 aromatic rings. The third-order valence-corrected chi connectivity index (χ3v) is 4.98. The number of halogens is 1. The highest BCUT2D eigenvalue weighted by molar-refractivity contribution is 6.30. The average Bonchev–Trinajstić information content (AvgIpc) is 3.10. The topological polar surface area (TPSA) is 71.7 Å². The van der Waals surface area contributed by atoms with Gasteiger partial charge in [0.05, 0.1) is 0 Å². The van der Waals surface area contributed by atoms with Gasteiger partial charge in [0, 0.05) is 36.9 Å². The summed E-state index contributed by atoms with van der Waals surface area (Å²) in [6.07, 6.45) is 2.20. The fourth-order valence-electron chi connectivity index (χ4n) is 3.18. The molecule has 0 aromatic heterocycles. The summed E-state index contributed by atoms with van der Waals surface area (Å²) >= 11 is 5.92. The first-order valence-corrected chi connectivity index (χ1v) is 9.34. The highest BCUT2D eigenvalue weighted by atomic mass is 35.5. The van der Waals surface area contributed by atoms with Gasteiger partial charge in [-0.15, -0.1) is 0 Å². The van der Waals surface area contributed by atoms with E-state index >= 15 is 0 Å². The van der Waals surface area contributed by atoms with Crippen LogP contribution in [0.4, 0.5) is 5.69 Å². The van der Waals surface area contributed by atoms with E-state index in [4.69, 9.17) is 11.6 Å². The highest BCUT2D eigenvalue weighted by Crippen LogP contribution is 2.16. The molecule has 0 spiro atoms. The molecule has 3 rings (SSSR count). The van der Waals surface area contributed by atoms with Gasteiger partial charge in [-0.1, -0.05) is 24.9 Å². The lowest BCUT2D eigenvalue weighted by atomic mass is 10.1. The number of piperazine rings is 1. The van der Waals surface area contributed by atoms with Crippen molar-refractivity contribution >= 4 is 23.2 Å². The molecule has 0 aliphatic carbocycles. The zero-order valence-electron chi connectivity index (χ0n) is 14.6. The predicted molar refractivity (Wildman–Crippen MR) is 100.0 cm³/mol. The number of hydrogen-bond donors (Lipinski definition) is 4. The van der Waals surface area contributed by atoms with Crippen LogP contribution in [0.15, 0.2) is 24.3 Å². The van der Waals surface area contributed by atoms with Crippen LogP contribution in [0.5, 0.6) is 0 Å². The lowest BCUT2D eigenvalue weighted by Crippen LogP contribution is -2.56. The molecule has 2 saturated heterocycles. The number of anilines is 1. The molecule has 7 nitrogen and oxygen atoms in total. The van der Waals surface area contributed by atoms with Crippen LogP contribution in [-0.4, -0.2) is 60.6 Å². The molecule has 1 aromatic carbocycles. The summed E-state index contributed by atoms with van der Waals surface area (Å²) in [5, 5.41) is 4.01. The smallest absolute Gasteiger partial charge is 0.244 e. The first-order valence-electron chi connectivity index (χ1n) is 8.96. The molecule has 2 fully saturated rings. The number of nitrogens with zero attached hydrogens (tertiary/aromatic N) is 2. The number of rotatable bonds is 6. The number of unbranched alkanes of at least 4 members (excludes halogenated alkanes) is 1. The van der Waals surface area contributed by atoms with Crippen molar-refractivity contribution in [2.75, 3.05) is 38.0 Å². The Bertz CT molecular complexity index is 561. The van der Waals surface area contributed by atoms with Gasteiger partial charge >= 0.3 is 0 Å². The van der Waals surface area contributed by atoms with Gasteiger partial charge in [-0.05, 0) is 37.2 Å². The average molecular weight is 367 g/mol. The van der Waals surface area contributed by atoms with E-state index in [2.05, 4.69) is 33.5 Å². The molecule has 138 valence electrons. The summed E-state index contributed by atoms with van der Waals surface area (Å²) in [5.74, 6) is 0.110. The molecule has 2 aliphatic heterocycles. The molecule has 2 atom stereocenters. The summed E-state index contributed by atoms with van der Waals surface area (Å²) in [5.41, 5.74) is 9.87. The molecule has 2 aliphatic rings. The van der Waals surface area contributed by atoms with Gasteiger partial charge < -0.3 is 10.2 Å². The van der Waals surface area contributed by atoms with Crippen LogP contribution in [0.1, 0.15) is 19.8 Å². The monoisotopic (exact) mass is 366 g/mol. The molecule has 2 unspecified atom stereocenters. The molecule has 2 heterocycles. The van der Waals surface area contributed by atoms with Crippen LogP contribution in [-0.2, 0) is 4.79 Å². The van der Waals surface area contributed by atoms with Gasteiger partial charge in [0.2, 0.25) is 5.91 Å². The van der Waals surface area contributed by atoms with Crippen molar-refractivity contribution in [2.24, 2.45) is 0 Å². The van der Waals surface area contributed by atoms with Crippen molar-refractivity contribution < 1.29 is 4.79 Å². The summed E-state index contributed by atoms with van der Waals surface area (Å²) in [7, 11) is 0. The largest absolute Gasteiger partial charge is 0.367 e. The second-order valence-corrected chi connectivity index (χ2v) is 6.98. The SMILES string of the molecule is CCCCN1CCN(C(=O)C2NNNC2Nc2ccc(Cl)cc2)CC1. The van der Waals surface area contributed by atoms with Gasteiger partial charge in [-0.2, -0.15) is 5.53 Å². The number of hydrogen-bond acceptors (Lipinski definition) is 6. The van der Waals surface area contributed by atoms with Crippen molar-refractivity contribution in [1.29, 1.82) is 0 Å². The zero-order valence-corrected chi connectivity index (χ0v) is 15.4. The van der Waals surface area contributed by atoms with E-state index in [1.54, 1.807) is 0 Å². The van der Waals surface area contributed by atoms with Gasteiger partial charge in [-0.25, -0.2) is 10.9 Å². The minimum Gasteiger partial charge on any atom is -0.367 e. The Morgan fingerprint density at radius 1 is 1.20 bits per heavy atom. The summed E-state index contributed by atoms with van der Waals surface area (Å²) in [6.45, 7) is 6.81. The highest BCUT2D eigenvalue weighted by Gasteiger charge is 2.36. The van der Waals surface area contributed by atoms with Crippen LogP contribution >= 0.6 is 11.6 Å². The Balaban J connectivity index is 1.53. The summed E-state index contributed by atoms with van der Waals surface area (Å²) < 4.78 is 0. The van der Waals surface area contributed by atoms with Crippen LogP contribution in [0, 0.1) is 0 Å². The molecule has 0 saturated carbocycles. The first kappa shape index (κ1) is 18.4. The lowest BCUT2D eigenvalue weighted by Gasteiger charge is -2.36. The van der Waals surface area contributed by atoms with E-state index in [0.29, 0.717) is 5.02 Å². The fourth-order valence-corrected chi connectivity index (χ4v) is 3.31. The second-order valence-electron chi connectivity index (χ2n) is 6.54. The third-order valence-electron chi connectivity index (χ3n) is 4.73. The molecule has 0 radical (unpaired) electrons. The molecule has 0 bridgehead atoms. The minimum absolute atomic E-state index is 0.110. The van der Waals surface area contributed by atoms with E-state index in [1.165, 1.54) is 12.8 Å². The van der Waals surface area contributed by atoms with Crippen molar-refractivity contribution in [2.45, 2.75) is 32.0 Å². The van der Waals surface area contributed by atoms with Crippen molar-refractivity contribution in [3.05, 3.63) is 29.3 Å². The molecule has 8 heteroatoms. The van der Waals surface area contributed by atoms with E-state index in [9.17, 15) is 4.79 Å². The Hall–Kier alpha value is -1.38. The number of benzene rings is 1. The van der Waals surface area contributed by atoms with Crippen LogP contribution in [0.25, 0.3) is 0 Å². The van der Waals surface area contributed by atoms with E-state index in [1.807, 2.05) is 29.2 Å². The molecule has 25 heavy (non-hydrogen) atoms. The van der Waals surface area contributed by atoms with Crippen molar-refractivity contribution in [1.82, 2.24) is 26.2 Å². The van der Waals surface area contributed by atoms with Gasteiger partial charge in [0.25, 0.3) is 0 Å². The number of amides is 1. The Kier molecular flexibility index (Phi) is 6.50. The minimum atomic E-state index is -0.363. The van der Waals surface area contributed by atoms with E-state index < -0.39 is 0 Å². The number of nitrogens with one attached hydrogen (secondary N) is 4. The van der Waals surface area contributed by atoms with E-state index in [0.717, 1.165) is 38.4 Å². The summed E-state index contributed by atoms with van der Waals surface area (Å²) in [6, 6.07) is 7.09. The third kappa shape index (κ3) is 4.83. The summed E-state index contributed by atoms with van der Waals surface area (Å²) in [4.78, 5) is 17.3. The maximum absolute atomic E-state index is 12.9. The Morgan fingerprint density at radius 3 is 2.60 bits per heavy atom. The molecule has 1 amide bonds. The maximum atomic E-state index is 12.9. The molecule has 4 N–H and O–H groups in total. The van der Waals surface area contributed by atoms with Gasteiger partial charge in [-0.3, -0.25) is 9.69 Å². The standard InChI is InChI=1S/C17H27ClN6O/c1-2-3-8-23-9-11-24(12-10-23)17(25)15-16(21-22-20-15)19-14-6-4-13(18)5-7-14/h4-7,15-16,19-22H,2-3,8-12H2,1H3. The Morgan fingerprint density at radius 2 is 1.92 bits per heavy atom. The fraction of sp³-hybridized carbons (Fsp3) is 0.588. The number of carbonyl (C=O) groups excluding carboxylic acids is 1. The lowest BCUT2D eigenvalue weighted by molar-refractivity contribution is -0.135. The van der Waals surface area contributed by atoms with E-state index in [-0.39, 0.29) is 18.1 Å². The normalized spacial score (nSPS) is 24.5. The maximum Gasteiger partial charge on any atom is 0.244 e. The molecular weight excluding hydrogens is 340 g/mol.